The maximum absolute atomic E-state index is 15.2. The van der Waals surface area contributed by atoms with E-state index in [1.807, 2.05) is 4.90 Å². The molecule has 3 aliphatic heterocycles. The van der Waals surface area contributed by atoms with Gasteiger partial charge in [-0.2, -0.15) is 9.97 Å². The van der Waals surface area contributed by atoms with E-state index in [2.05, 4.69) is 11.8 Å². The zero-order valence-corrected chi connectivity index (χ0v) is 25.9. The molecule has 1 N–H and O–H groups in total. The van der Waals surface area contributed by atoms with Gasteiger partial charge < -0.3 is 23.9 Å². The first-order chi connectivity index (χ1) is 21.7. The maximum atomic E-state index is 15.2. The number of hydrogen-bond donors (Lipinski definition) is 1. The number of aromatic nitrogens is 2. The van der Waals surface area contributed by atoms with Crippen LogP contribution in [-0.4, -0.2) is 77.2 Å². The molecule has 1 unspecified atom stereocenters. The van der Waals surface area contributed by atoms with Crippen LogP contribution in [0.15, 0.2) is 39.5 Å². The lowest BCUT2D eigenvalue weighted by molar-refractivity contribution is -0.0323. The van der Waals surface area contributed by atoms with Crippen LogP contribution in [0.1, 0.15) is 51.0 Å². The third-order valence-corrected chi connectivity index (χ3v) is 10.4. The monoisotopic (exact) mass is 620 g/mol. The molecule has 9 nitrogen and oxygen atoms in total. The van der Waals surface area contributed by atoms with Gasteiger partial charge in [-0.15, -0.1) is 0 Å². The lowest BCUT2D eigenvalue weighted by Gasteiger charge is -2.41. The lowest BCUT2D eigenvalue weighted by Crippen LogP contribution is -2.46. The van der Waals surface area contributed by atoms with Crippen molar-refractivity contribution in [1.82, 2.24) is 14.9 Å². The van der Waals surface area contributed by atoms with Crippen LogP contribution >= 0.6 is 0 Å². The fourth-order valence-corrected chi connectivity index (χ4v) is 7.79. The first-order valence-electron chi connectivity index (χ1n) is 15.7. The third kappa shape index (κ3) is 5.00. The predicted molar refractivity (Wildman–Crippen MR) is 167 cm³/mol. The van der Waals surface area contributed by atoms with Crippen molar-refractivity contribution in [3.05, 3.63) is 52.1 Å². The minimum Gasteiger partial charge on any atom is -0.508 e. The number of benzene rings is 2. The number of anilines is 1. The molecule has 11 heteroatoms. The average Bonchev–Trinajstić information content (AvgIpc) is 3.56. The van der Waals surface area contributed by atoms with Crippen LogP contribution in [0.25, 0.3) is 33.0 Å². The van der Waals surface area contributed by atoms with E-state index < -0.39 is 23.2 Å². The fraction of sp³-hybridized carbons (Fsp3) is 0.500. The zero-order chi connectivity index (χ0) is 31.5. The first-order valence-corrected chi connectivity index (χ1v) is 15.7. The van der Waals surface area contributed by atoms with Gasteiger partial charge in [0, 0.05) is 49.7 Å². The van der Waals surface area contributed by atoms with E-state index in [0.29, 0.717) is 48.3 Å². The second kappa shape index (κ2) is 11.2. The van der Waals surface area contributed by atoms with Crippen LogP contribution in [0.2, 0.25) is 0 Å². The number of piperidine rings is 1. The molecule has 3 fully saturated rings. The number of aryl methyl sites for hydroxylation is 1. The minimum atomic E-state index is -0.901. The normalized spacial score (nSPS) is 23.2. The molecule has 45 heavy (non-hydrogen) atoms. The summed E-state index contributed by atoms with van der Waals surface area (Å²) < 4.78 is 47.8. The van der Waals surface area contributed by atoms with Gasteiger partial charge in [-0.05, 0) is 69.2 Å². The van der Waals surface area contributed by atoms with Gasteiger partial charge in [-0.3, -0.25) is 4.90 Å². The first kappa shape index (κ1) is 29.9. The summed E-state index contributed by atoms with van der Waals surface area (Å²) in [5, 5.41) is 11.4. The molecule has 0 spiro atoms. The van der Waals surface area contributed by atoms with Gasteiger partial charge in [0.25, 0.3) is 0 Å². The molecule has 0 aliphatic carbocycles. The molecular weight excluding hydrogens is 582 g/mol. The maximum Gasteiger partial charge on any atom is 0.349 e. The molecule has 0 amide bonds. The highest BCUT2D eigenvalue weighted by Crippen LogP contribution is 2.42. The molecule has 0 bridgehead atoms. The predicted octanol–water partition coefficient (Wildman–Crippen LogP) is 5.91. The number of rotatable bonds is 7. The minimum absolute atomic E-state index is 0.0895. The lowest BCUT2D eigenvalue weighted by atomic mass is 9.88. The Kier molecular flexibility index (Phi) is 7.43. The van der Waals surface area contributed by atoms with Crippen molar-refractivity contribution in [3.63, 3.8) is 0 Å². The van der Waals surface area contributed by atoms with Gasteiger partial charge in [-0.25, -0.2) is 13.6 Å². The molecule has 3 aliphatic rings. The largest absolute Gasteiger partial charge is 0.508 e. The van der Waals surface area contributed by atoms with Crippen LogP contribution in [0, 0.1) is 12.7 Å². The van der Waals surface area contributed by atoms with Crippen molar-refractivity contribution in [3.8, 4) is 23.1 Å². The Bertz CT molecular complexity index is 1830. The summed E-state index contributed by atoms with van der Waals surface area (Å²) >= 11 is 0. The summed E-state index contributed by atoms with van der Waals surface area (Å²) in [7, 11) is 1.73. The number of fused-ring (bicyclic) bond motifs is 3. The van der Waals surface area contributed by atoms with Crippen molar-refractivity contribution >= 4 is 27.5 Å². The Balaban J connectivity index is 1.37. The number of nitrogens with zero attached hydrogens (tertiary/aromatic N) is 4. The van der Waals surface area contributed by atoms with Gasteiger partial charge in [-0.1, -0.05) is 19.1 Å². The van der Waals surface area contributed by atoms with Crippen molar-refractivity contribution in [2.24, 2.45) is 0 Å². The number of halogens is 2. The highest BCUT2D eigenvalue weighted by Gasteiger charge is 2.49. The molecule has 2 aromatic heterocycles. The van der Waals surface area contributed by atoms with Crippen LogP contribution in [0.4, 0.5) is 14.6 Å². The highest BCUT2D eigenvalue weighted by atomic mass is 19.1. The molecule has 2 aromatic carbocycles. The summed E-state index contributed by atoms with van der Waals surface area (Å²) in [4.78, 5) is 27.6. The van der Waals surface area contributed by atoms with Gasteiger partial charge in [0.05, 0.1) is 16.7 Å². The molecular formula is C34H38F2N4O5. The molecule has 2 atom stereocenters. The van der Waals surface area contributed by atoms with Gasteiger partial charge >= 0.3 is 11.6 Å². The van der Waals surface area contributed by atoms with E-state index in [4.69, 9.17) is 23.9 Å². The SMILES string of the molecule is CCC1(OC)CCN(c2nc(OC[C@@]34CCCN3CC(F)C4)nc3c(C)c(-c4cc(O)cc5cccc(F)c45)oc(=O)c23)CC1. The zero-order valence-electron chi connectivity index (χ0n) is 25.9. The van der Waals surface area contributed by atoms with Crippen LogP contribution in [0.3, 0.4) is 0 Å². The van der Waals surface area contributed by atoms with Crippen molar-refractivity contribution < 1.29 is 27.8 Å². The average molecular weight is 621 g/mol. The summed E-state index contributed by atoms with van der Waals surface area (Å²) in [5.74, 6) is -0.0897. The molecule has 0 radical (unpaired) electrons. The third-order valence-electron chi connectivity index (χ3n) is 10.4. The molecule has 3 saturated heterocycles. The molecule has 4 aromatic rings. The van der Waals surface area contributed by atoms with Crippen molar-refractivity contribution in [2.75, 3.05) is 44.8 Å². The highest BCUT2D eigenvalue weighted by molar-refractivity contribution is 6.00. The van der Waals surface area contributed by atoms with E-state index in [1.54, 1.807) is 26.2 Å². The smallest absolute Gasteiger partial charge is 0.349 e. The number of alkyl halides is 1. The second-order valence-electron chi connectivity index (χ2n) is 12.8. The topological polar surface area (TPSA) is 101 Å². The van der Waals surface area contributed by atoms with Crippen LogP contribution in [-0.2, 0) is 4.74 Å². The molecule has 238 valence electrons. The number of aromatic hydroxyl groups is 1. The second-order valence-corrected chi connectivity index (χ2v) is 12.8. The van der Waals surface area contributed by atoms with Crippen molar-refractivity contribution in [2.45, 2.75) is 69.7 Å². The number of phenols is 1. The number of hydrogen-bond acceptors (Lipinski definition) is 9. The molecule has 0 saturated carbocycles. The van der Waals surface area contributed by atoms with E-state index in [-0.39, 0.29) is 46.1 Å². The van der Waals surface area contributed by atoms with Gasteiger partial charge in [0.15, 0.2) is 5.82 Å². The van der Waals surface area contributed by atoms with E-state index in [0.717, 1.165) is 38.6 Å². The quantitative estimate of drug-likeness (QED) is 0.270. The van der Waals surface area contributed by atoms with Crippen LogP contribution < -0.4 is 15.3 Å². The Labute approximate surface area is 259 Å². The summed E-state index contributed by atoms with van der Waals surface area (Å²) in [6.07, 6.45) is 3.66. The summed E-state index contributed by atoms with van der Waals surface area (Å²) in [5.41, 5.74) is -0.275. The molecule has 5 heterocycles. The fourth-order valence-electron chi connectivity index (χ4n) is 7.79. The number of methoxy groups -OCH3 is 1. The summed E-state index contributed by atoms with van der Waals surface area (Å²) in [6, 6.07) is 7.52. The van der Waals surface area contributed by atoms with Gasteiger partial charge in [0.1, 0.15) is 35.5 Å². The Morgan fingerprint density at radius 2 is 1.93 bits per heavy atom. The van der Waals surface area contributed by atoms with E-state index in [1.165, 1.54) is 18.2 Å². The Morgan fingerprint density at radius 3 is 2.69 bits per heavy atom. The Morgan fingerprint density at radius 1 is 1.13 bits per heavy atom. The standard InChI is InChI=1S/C34H38F2N4O5/c1-4-34(43-3)10-13-39(14-11-34)30-27-28(37-32(38-30)44-19-33-9-6-12-40(33)18-22(35)17-33)20(2)29(45-31(27)42)24-16-23(41)15-21-7-5-8-25(36)26(21)24/h5,7-8,15-16,22,41H,4,6,9-14,17-19H2,1-3H3/t22?,33-/m0/s1. The number of phenolic OH excluding ortho intramolecular Hbond substituents is 1. The van der Waals surface area contributed by atoms with E-state index in [9.17, 15) is 14.3 Å². The van der Waals surface area contributed by atoms with E-state index >= 15 is 4.39 Å². The van der Waals surface area contributed by atoms with Crippen molar-refractivity contribution in [1.29, 1.82) is 0 Å². The number of ether oxygens (including phenoxy) is 2. The van der Waals surface area contributed by atoms with Crippen LogP contribution in [0.5, 0.6) is 11.8 Å². The Hall–Kier alpha value is -3.83. The summed E-state index contributed by atoms with van der Waals surface area (Å²) in [6.45, 7) is 6.51. The van der Waals surface area contributed by atoms with Gasteiger partial charge in [0.2, 0.25) is 0 Å². The molecule has 7 rings (SSSR count).